The van der Waals surface area contributed by atoms with Gasteiger partial charge in [-0.05, 0) is 41.9 Å². The molecule has 0 aliphatic heterocycles. The van der Waals surface area contributed by atoms with Gasteiger partial charge in [0, 0.05) is 0 Å². The highest BCUT2D eigenvalue weighted by Crippen LogP contribution is 2.25. The van der Waals surface area contributed by atoms with Crippen LogP contribution in [0.25, 0.3) is 10.8 Å². The zero-order valence-corrected chi connectivity index (χ0v) is 11.9. The third-order valence-electron chi connectivity index (χ3n) is 3.81. The lowest BCUT2D eigenvalue weighted by Crippen LogP contribution is -2.17. The maximum atomic E-state index is 3.42. The van der Waals surface area contributed by atoms with Crippen molar-refractivity contribution in [3.8, 4) is 0 Å². The summed E-state index contributed by atoms with van der Waals surface area (Å²) in [6, 6.07) is 24.1. The highest BCUT2D eigenvalue weighted by atomic mass is 14.9. The molecule has 3 aromatic rings. The van der Waals surface area contributed by atoms with E-state index in [2.05, 4.69) is 79.0 Å². The molecule has 0 heterocycles. The van der Waals surface area contributed by atoms with Crippen molar-refractivity contribution in [2.45, 2.75) is 13.0 Å². The fourth-order valence-electron chi connectivity index (χ4n) is 2.67. The molecule has 3 rings (SSSR count). The van der Waals surface area contributed by atoms with E-state index in [1.807, 2.05) is 7.05 Å². The first-order chi connectivity index (χ1) is 9.78. The third-order valence-corrected chi connectivity index (χ3v) is 3.81. The minimum Gasteiger partial charge on any atom is -0.309 e. The van der Waals surface area contributed by atoms with Crippen LogP contribution >= 0.6 is 0 Å². The highest BCUT2D eigenvalue weighted by Gasteiger charge is 2.11. The molecule has 0 radical (unpaired) electrons. The number of hydrogen-bond acceptors (Lipinski definition) is 1. The maximum Gasteiger partial charge on any atom is 0.0574 e. The van der Waals surface area contributed by atoms with Crippen LogP contribution in [0.2, 0.25) is 0 Å². The highest BCUT2D eigenvalue weighted by molar-refractivity contribution is 5.83. The van der Waals surface area contributed by atoms with E-state index in [4.69, 9.17) is 0 Å². The first-order valence-electron chi connectivity index (χ1n) is 7.00. The second-order valence-electron chi connectivity index (χ2n) is 5.24. The van der Waals surface area contributed by atoms with Crippen molar-refractivity contribution in [3.05, 3.63) is 83.4 Å². The largest absolute Gasteiger partial charge is 0.309 e. The predicted molar refractivity (Wildman–Crippen MR) is 86.0 cm³/mol. The molecular formula is C19H19N. The summed E-state index contributed by atoms with van der Waals surface area (Å²) in [4.78, 5) is 0. The Bertz CT molecular complexity index is 713. The van der Waals surface area contributed by atoms with Gasteiger partial charge in [0.1, 0.15) is 0 Å². The van der Waals surface area contributed by atoms with Crippen molar-refractivity contribution in [1.29, 1.82) is 0 Å². The maximum absolute atomic E-state index is 3.42. The number of aryl methyl sites for hydroxylation is 1. The average molecular weight is 261 g/mol. The molecule has 1 N–H and O–H groups in total. The lowest BCUT2D eigenvalue weighted by atomic mass is 9.96. The van der Waals surface area contributed by atoms with Gasteiger partial charge >= 0.3 is 0 Å². The van der Waals surface area contributed by atoms with Gasteiger partial charge in [-0.3, -0.25) is 0 Å². The molecule has 20 heavy (non-hydrogen) atoms. The van der Waals surface area contributed by atoms with Crippen LogP contribution in [-0.2, 0) is 0 Å². The van der Waals surface area contributed by atoms with Crippen molar-refractivity contribution in [1.82, 2.24) is 5.32 Å². The smallest absolute Gasteiger partial charge is 0.0574 e. The summed E-state index contributed by atoms with van der Waals surface area (Å²) in [6.07, 6.45) is 0. The molecule has 3 aromatic carbocycles. The molecule has 1 unspecified atom stereocenters. The molecule has 0 aliphatic carbocycles. The fourth-order valence-corrected chi connectivity index (χ4v) is 2.67. The molecule has 1 atom stereocenters. The number of nitrogens with one attached hydrogen (secondary N) is 1. The number of fused-ring (bicyclic) bond motifs is 1. The predicted octanol–water partition coefficient (Wildman–Crippen LogP) is 4.46. The monoisotopic (exact) mass is 261 g/mol. The molecule has 0 amide bonds. The Kier molecular flexibility index (Phi) is 3.53. The molecule has 0 saturated carbocycles. The summed E-state index contributed by atoms with van der Waals surface area (Å²) >= 11 is 0. The second-order valence-corrected chi connectivity index (χ2v) is 5.24. The third kappa shape index (κ3) is 2.45. The molecule has 0 aromatic heterocycles. The molecule has 0 spiro atoms. The summed E-state index contributed by atoms with van der Waals surface area (Å²) in [7, 11) is 2.01. The van der Waals surface area contributed by atoms with E-state index >= 15 is 0 Å². The first-order valence-corrected chi connectivity index (χ1v) is 7.00. The van der Waals surface area contributed by atoms with Crippen molar-refractivity contribution in [2.24, 2.45) is 0 Å². The lowest BCUT2D eigenvalue weighted by Gasteiger charge is -2.18. The molecule has 0 aliphatic rings. The molecule has 100 valence electrons. The van der Waals surface area contributed by atoms with Gasteiger partial charge < -0.3 is 5.32 Å². The van der Waals surface area contributed by atoms with Gasteiger partial charge in [0.2, 0.25) is 0 Å². The second kappa shape index (κ2) is 5.48. The Hall–Kier alpha value is -2.12. The summed E-state index contributed by atoms with van der Waals surface area (Å²) in [6.45, 7) is 2.12. The van der Waals surface area contributed by atoms with Crippen LogP contribution in [0.15, 0.2) is 66.7 Å². The molecule has 0 fully saturated rings. The Balaban J connectivity index is 2.04. The van der Waals surface area contributed by atoms with Gasteiger partial charge in [0.05, 0.1) is 6.04 Å². The van der Waals surface area contributed by atoms with Crippen LogP contribution in [0.5, 0.6) is 0 Å². The van der Waals surface area contributed by atoms with Crippen LogP contribution in [0.3, 0.4) is 0 Å². The Labute approximate surface area is 120 Å². The fraction of sp³-hybridized carbons (Fsp3) is 0.158. The van der Waals surface area contributed by atoms with E-state index in [1.54, 1.807) is 0 Å². The molecule has 1 heteroatoms. The Morgan fingerprint density at radius 2 is 1.40 bits per heavy atom. The van der Waals surface area contributed by atoms with Crippen molar-refractivity contribution in [2.75, 3.05) is 7.05 Å². The summed E-state index contributed by atoms with van der Waals surface area (Å²) in [5.74, 6) is 0. The number of hydrogen-bond donors (Lipinski definition) is 1. The van der Waals surface area contributed by atoms with Crippen molar-refractivity contribution >= 4 is 10.8 Å². The van der Waals surface area contributed by atoms with Crippen LogP contribution in [0.4, 0.5) is 0 Å². The Morgan fingerprint density at radius 3 is 2.10 bits per heavy atom. The van der Waals surface area contributed by atoms with E-state index in [9.17, 15) is 0 Å². The summed E-state index contributed by atoms with van der Waals surface area (Å²) in [5, 5.41) is 6.00. The molecule has 0 bridgehead atoms. The van der Waals surface area contributed by atoms with E-state index in [-0.39, 0.29) is 6.04 Å². The van der Waals surface area contributed by atoms with Crippen LogP contribution < -0.4 is 5.32 Å². The molecule has 1 nitrogen and oxygen atoms in total. The van der Waals surface area contributed by atoms with Gasteiger partial charge in [-0.25, -0.2) is 0 Å². The van der Waals surface area contributed by atoms with E-state index in [0.29, 0.717) is 0 Å². The summed E-state index contributed by atoms with van der Waals surface area (Å²) < 4.78 is 0. The van der Waals surface area contributed by atoms with E-state index < -0.39 is 0 Å². The van der Waals surface area contributed by atoms with Gasteiger partial charge in [-0.2, -0.15) is 0 Å². The van der Waals surface area contributed by atoms with Gasteiger partial charge in [0.25, 0.3) is 0 Å². The number of rotatable bonds is 3. The van der Waals surface area contributed by atoms with Crippen LogP contribution in [-0.4, -0.2) is 7.05 Å². The quantitative estimate of drug-likeness (QED) is 0.734. The van der Waals surface area contributed by atoms with Crippen LogP contribution in [0, 0.1) is 6.92 Å². The number of benzene rings is 3. The average Bonchev–Trinajstić information content (AvgIpc) is 2.50. The summed E-state index contributed by atoms with van der Waals surface area (Å²) in [5.41, 5.74) is 3.89. The van der Waals surface area contributed by atoms with Crippen LogP contribution in [0.1, 0.15) is 22.7 Å². The van der Waals surface area contributed by atoms with Gasteiger partial charge in [-0.15, -0.1) is 0 Å². The van der Waals surface area contributed by atoms with E-state index in [1.165, 1.54) is 27.5 Å². The van der Waals surface area contributed by atoms with Crippen molar-refractivity contribution in [3.63, 3.8) is 0 Å². The van der Waals surface area contributed by atoms with Gasteiger partial charge in [-0.1, -0.05) is 66.2 Å². The Morgan fingerprint density at radius 1 is 0.750 bits per heavy atom. The van der Waals surface area contributed by atoms with Gasteiger partial charge in [0.15, 0.2) is 0 Å². The molecule has 0 saturated heterocycles. The normalized spacial score (nSPS) is 12.5. The zero-order chi connectivity index (χ0) is 13.9. The standard InChI is InChI=1S/C19H19N/c1-14-7-9-16(10-8-14)19(20-2)18-12-11-15-5-3-4-6-17(15)13-18/h3-13,19-20H,1-2H3. The minimum absolute atomic E-state index is 0.236. The van der Waals surface area contributed by atoms with Crippen molar-refractivity contribution < 1.29 is 0 Å². The minimum atomic E-state index is 0.236. The lowest BCUT2D eigenvalue weighted by molar-refractivity contribution is 0.692. The SMILES string of the molecule is CNC(c1ccc(C)cc1)c1ccc2ccccc2c1. The van der Waals surface area contributed by atoms with E-state index in [0.717, 1.165) is 0 Å². The first kappa shape index (κ1) is 12.9. The molecular weight excluding hydrogens is 242 g/mol. The topological polar surface area (TPSA) is 12.0 Å². The zero-order valence-electron chi connectivity index (χ0n) is 11.9.